The summed E-state index contributed by atoms with van der Waals surface area (Å²) in [4.78, 5) is 19.4. The lowest BCUT2D eigenvalue weighted by molar-refractivity contribution is 0.0724. The monoisotopic (exact) mass is 398 g/mol. The molecule has 0 atom stereocenters. The van der Waals surface area contributed by atoms with Crippen molar-refractivity contribution in [3.8, 4) is 16.9 Å². The molecule has 150 valence electrons. The Kier molecular flexibility index (Phi) is 4.39. The number of nitrogens with two attached hydrogens (primary N) is 1. The lowest BCUT2D eigenvalue weighted by Gasteiger charge is -2.20. The Bertz CT molecular complexity index is 1240. The van der Waals surface area contributed by atoms with Crippen LogP contribution in [0.5, 0.6) is 5.75 Å². The highest BCUT2D eigenvalue weighted by molar-refractivity contribution is 5.98. The second kappa shape index (κ2) is 7.22. The van der Waals surface area contributed by atoms with E-state index in [1.165, 1.54) is 0 Å². The third kappa shape index (κ3) is 3.16. The first-order valence-corrected chi connectivity index (χ1v) is 9.91. The number of hydrogen-bond donors (Lipinski definition) is 1. The lowest BCUT2D eigenvalue weighted by atomic mass is 10.0. The van der Waals surface area contributed by atoms with Crippen LogP contribution in [-0.4, -0.2) is 33.5 Å². The summed E-state index contributed by atoms with van der Waals surface area (Å²) in [7, 11) is 1.93. The molecule has 2 aromatic heterocycles. The van der Waals surface area contributed by atoms with Gasteiger partial charge in [0.25, 0.3) is 5.91 Å². The van der Waals surface area contributed by atoms with Crippen molar-refractivity contribution >= 4 is 22.6 Å². The summed E-state index contributed by atoms with van der Waals surface area (Å²) in [6, 6.07) is 19.8. The van der Waals surface area contributed by atoms with E-state index in [9.17, 15) is 4.79 Å². The quantitative estimate of drug-likeness (QED) is 0.557. The molecule has 1 aliphatic rings. The Balaban J connectivity index is 1.47. The van der Waals surface area contributed by atoms with Crippen molar-refractivity contribution in [1.82, 2.24) is 14.5 Å². The number of anilines is 1. The number of nitrogen functional groups attached to an aromatic ring is 1. The molecule has 5 rings (SSSR count). The molecule has 1 amide bonds. The molecule has 0 saturated carbocycles. The summed E-state index contributed by atoms with van der Waals surface area (Å²) in [5.41, 5.74) is 10.4. The summed E-state index contributed by atoms with van der Waals surface area (Å²) < 4.78 is 7.89. The third-order valence-corrected chi connectivity index (χ3v) is 5.62. The van der Waals surface area contributed by atoms with E-state index in [0.29, 0.717) is 31.2 Å². The van der Waals surface area contributed by atoms with E-state index in [0.717, 1.165) is 33.3 Å². The zero-order valence-electron chi connectivity index (χ0n) is 16.7. The molecule has 2 aromatic carbocycles. The fourth-order valence-electron chi connectivity index (χ4n) is 3.98. The molecule has 0 aliphatic carbocycles. The number of ether oxygens (including phenoxy) is 1. The van der Waals surface area contributed by atoms with E-state index in [4.69, 9.17) is 10.5 Å². The summed E-state index contributed by atoms with van der Waals surface area (Å²) in [5.74, 6) is 1.31. The summed E-state index contributed by atoms with van der Waals surface area (Å²) in [5, 5.41) is 1.06. The van der Waals surface area contributed by atoms with Crippen LogP contribution in [0.25, 0.3) is 22.0 Å². The van der Waals surface area contributed by atoms with E-state index in [-0.39, 0.29) is 5.91 Å². The Labute approximate surface area is 174 Å². The van der Waals surface area contributed by atoms with Gasteiger partial charge in [0.15, 0.2) is 0 Å². The minimum atomic E-state index is 0.00436. The van der Waals surface area contributed by atoms with Gasteiger partial charge in [-0.1, -0.05) is 24.3 Å². The van der Waals surface area contributed by atoms with Crippen LogP contribution in [0.15, 0.2) is 66.9 Å². The molecule has 0 spiro atoms. The zero-order valence-corrected chi connectivity index (χ0v) is 16.7. The number of carbonyl (C=O) groups is 1. The largest absolute Gasteiger partial charge is 0.491 e. The van der Waals surface area contributed by atoms with Gasteiger partial charge >= 0.3 is 0 Å². The van der Waals surface area contributed by atoms with Crippen molar-refractivity contribution in [1.29, 1.82) is 0 Å². The van der Waals surface area contributed by atoms with Crippen LogP contribution in [-0.2, 0) is 13.6 Å². The predicted molar refractivity (Wildman–Crippen MR) is 117 cm³/mol. The van der Waals surface area contributed by atoms with Crippen LogP contribution < -0.4 is 10.5 Å². The number of amides is 1. The first-order chi connectivity index (χ1) is 14.6. The van der Waals surface area contributed by atoms with E-state index < -0.39 is 0 Å². The second-order valence-electron chi connectivity index (χ2n) is 7.52. The van der Waals surface area contributed by atoms with Crippen LogP contribution in [0.1, 0.15) is 16.1 Å². The predicted octanol–water partition coefficient (Wildman–Crippen LogP) is 3.86. The van der Waals surface area contributed by atoms with E-state index in [1.807, 2.05) is 65.0 Å². The average Bonchev–Trinajstić information content (AvgIpc) is 2.96. The van der Waals surface area contributed by atoms with Gasteiger partial charge in [-0.3, -0.25) is 4.79 Å². The molecule has 0 radical (unpaired) electrons. The molecule has 30 heavy (non-hydrogen) atoms. The van der Waals surface area contributed by atoms with E-state index >= 15 is 0 Å². The second-order valence-corrected chi connectivity index (χ2v) is 7.52. The summed E-state index contributed by atoms with van der Waals surface area (Å²) in [6.45, 7) is 1.49. The molecule has 0 fully saturated rings. The highest BCUT2D eigenvalue weighted by Crippen LogP contribution is 2.30. The Morgan fingerprint density at radius 3 is 2.70 bits per heavy atom. The molecule has 2 N–H and O–H groups in total. The molecular formula is C24H22N4O2. The summed E-state index contributed by atoms with van der Waals surface area (Å²) in [6.07, 6.45) is 1.76. The topological polar surface area (TPSA) is 73.4 Å². The Hall–Kier alpha value is -3.80. The maximum atomic E-state index is 13.4. The zero-order chi connectivity index (χ0) is 20.7. The molecule has 6 heteroatoms. The third-order valence-electron chi connectivity index (χ3n) is 5.62. The normalized spacial score (nSPS) is 13.6. The van der Waals surface area contributed by atoms with Gasteiger partial charge in [-0.15, -0.1) is 0 Å². The number of nitrogens with zero attached hydrogens (tertiary/aromatic N) is 3. The van der Waals surface area contributed by atoms with Gasteiger partial charge in [-0.25, -0.2) is 4.98 Å². The molecular weight excluding hydrogens is 376 g/mol. The van der Waals surface area contributed by atoms with Crippen molar-refractivity contribution in [2.24, 2.45) is 7.05 Å². The average molecular weight is 398 g/mol. The number of fused-ring (bicyclic) bond motifs is 2. The molecule has 4 aromatic rings. The number of aromatic nitrogens is 2. The number of para-hydroxylation sites is 1. The van der Waals surface area contributed by atoms with E-state index in [1.54, 1.807) is 12.3 Å². The fourth-order valence-corrected chi connectivity index (χ4v) is 3.98. The Morgan fingerprint density at radius 2 is 1.90 bits per heavy atom. The van der Waals surface area contributed by atoms with Crippen LogP contribution >= 0.6 is 0 Å². The maximum Gasteiger partial charge on any atom is 0.270 e. The molecule has 1 aliphatic heterocycles. The number of rotatable bonds is 2. The summed E-state index contributed by atoms with van der Waals surface area (Å²) >= 11 is 0. The van der Waals surface area contributed by atoms with Gasteiger partial charge in [0.05, 0.1) is 6.54 Å². The van der Waals surface area contributed by atoms with Crippen LogP contribution in [0.3, 0.4) is 0 Å². The van der Waals surface area contributed by atoms with Gasteiger partial charge < -0.3 is 19.9 Å². The number of pyridine rings is 1. The molecule has 0 saturated heterocycles. The number of hydrogen-bond acceptors (Lipinski definition) is 4. The first-order valence-electron chi connectivity index (χ1n) is 9.91. The molecule has 0 unspecified atom stereocenters. The lowest BCUT2D eigenvalue weighted by Crippen LogP contribution is -2.33. The fraction of sp³-hybridized carbons (Fsp3) is 0.167. The van der Waals surface area contributed by atoms with Crippen molar-refractivity contribution in [2.45, 2.75) is 6.54 Å². The first kappa shape index (κ1) is 18.2. The minimum Gasteiger partial charge on any atom is -0.491 e. The smallest absolute Gasteiger partial charge is 0.270 e. The number of benzene rings is 2. The molecule has 0 bridgehead atoms. The molecule has 3 heterocycles. The van der Waals surface area contributed by atoms with Crippen molar-refractivity contribution < 1.29 is 9.53 Å². The van der Waals surface area contributed by atoms with Crippen LogP contribution in [0.4, 0.5) is 5.82 Å². The highest BCUT2D eigenvalue weighted by atomic mass is 16.5. The number of carbonyl (C=O) groups excluding carboxylic acids is 1. The van der Waals surface area contributed by atoms with Crippen molar-refractivity contribution in [3.63, 3.8) is 0 Å². The van der Waals surface area contributed by atoms with Crippen LogP contribution in [0.2, 0.25) is 0 Å². The Morgan fingerprint density at radius 1 is 1.07 bits per heavy atom. The standard InChI is InChI=1S/C24H22N4O2/c1-27-20-5-3-2-4-17(20)13-21(27)24(29)28-10-11-30-22-8-6-16(12-19(22)15-28)18-7-9-23(25)26-14-18/h2-9,12-14H,10-11,15H2,1H3,(H2,25,26). The highest BCUT2D eigenvalue weighted by Gasteiger charge is 2.24. The van der Waals surface area contributed by atoms with Gasteiger partial charge in [0.2, 0.25) is 0 Å². The number of aryl methyl sites for hydroxylation is 1. The van der Waals surface area contributed by atoms with Crippen LogP contribution in [0, 0.1) is 0 Å². The molecule has 6 nitrogen and oxygen atoms in total. The van der Waals surface area contributed by atoms with Crippen molar-refractivity contribution in [3.05, 3.63) is 78.1 Å². The van der Waals surface area contributed by atoms with Gasteiger partial charge in [0, 0.05) is 41.8 Å². The minimum absolute atomic E-state index is 0.00436. The van der Waals surface area contributed by atoms with Gasteiger partial charge in [-0.2, -0.15) is 0 Å². The van der Waals surface area contributed by atoms with Gasteiger partial charge in [0.1, 0.15) is 23.9 Å². The van der Waals surface area contributed by atoms with E-state index in [2.05, 4.69) is 11.1 Å². The van der Waals surface area contributed by atoms with Gasteiger partial charge in [-0.05, 0) is 42.0 Å². The maximum absolute atomic E-state index is 13.4. The SMILES string of the molecule is Cn1c(C(=O)N2CCOc3ccc(-c4ccc(N)nc4)cc3C2)cc2ccccc21. The van der Waals surface area contributed by atoms with Crippen molar-refractivity contribution in [2.75, 3.05) is 18.9 Å².